The summed E-state index contributed by atoms with van der Waals surface area (Å²) < 4.78 is 33.2. The minimum Gasteiger partial charge on any atom is -0.497 e. The number of benzene rings is 4. The lowest BCUT2D eigenvalue weighted by Gasteiger charge is -2.11. The van der Waals surface area contributed by atoms with Crippen molar-refractivity contribution in [2.75, 3.05) is 17.3 Å². The summed E-state index contributed by atoms with van der Waals surface area (Å²) in [4.78, 5) is 22.0. The van der Waals surface area contributed by atoms with Gasteiger partial charge in [0, 0.05) is 6.07 Å². The first kappa shape index (κ1) is 26.1. The molecule has 38 heavy (non-hydrogen) atoms. The quantitative estimate of drug-likeness (QED) is 0.152. The summed E-state index contributed by atoms with van der Waals surface area (Å²) in [6.07, 6.45) is 0. The Balaban J connectivity index is 1.60. The summed E-state index contributed by atoms with van der Waals surface area (Å²) in [7, 11) is -2.74. The first-order chi connectivity index (χ1) is 18.1. The van der Waals surface area contributed by atoms with Crippen LogP contribution < -0.4 is 14.9 Å². The fourth-order valence-corrected chi connectivity index (χ4v) is 4.77. The number of sulfonamides is 1. The normalized spacial score (nSPS) is 11.7. The number of para-hydroxylation sites is 1. The molecule has 0 aliphatic rings. The summed E-state index contributed by atoms with van der Waals surface area (Å²) in [5.74, 6) is -0.593. The van der Waals surface area contributed by atoms with Gasteiger partial charge in [0.25, 0.3) is 15.7 Å². The van der Waals surface area contributed by atoms with Crippen LogP contribution in [-0.2, 0) is 10.0 Å². The number of anilines is 2. The van der Waals surface area contributed by atoms with Gasteiger partial charge < -0.3 is 9.84 Å². The van der Waals surface area contributed by atoms with Gasteiger partial charge in [0.05, 0.1) is 33.9 Å². The second-order valence-corrected chi connectivity index (χ2v) is 9.81. The summed E-state index contributed by atoms with van der Waals surface area (Å²) in [6.45, 7) is 1.73. The highest BCUT2D eigenvalue weighted by atomic mass is 32.2. The Kier molecular flexibility index (Phi) is 7.26. The molecule has 0 heterocycles. The number of hydrogen-bond acceptors (Lipinski definition) is 8. The molecular formula is C26H22N4O7S. The van der Waals surface area contributed by atoms with Gasteiger partial charge in [-0.2, -0.15) is 5.10 Å². The molecule has 4 aromatic carbocycles. The van der Waals surface area contributed by atoms with E-state index in [1.807, 2.05) is 36.4 Å². The number of carboxylic acid groups (broad SMARTS) is 1. The van der Waals surface area contributed by atoms with Crippen LogP contribution in [0.2, 0.25) is 0 Å². The van der Waals surface area contributed by atoms with Gasteiger partial charge in [0.2, 0.25) is 0 Å². The van der Waals surface area contributed by atoms with Crippen LogP contribution in [0.1, 0.15) is 22.8 Å². The van der Waals surface area contributed by atoms with Crippen LogP contribution in [0.25, 0.3) is 10.8 Å². The molecule has 0 fully saturated rings. The van der Waals surface area contributed by atoms with E-state index in [9.17, 15) is 28.4 Å². The Morgan fingerprint density at radius 2 is 1.68 bits per heavy atom. The van der Waals surface area contributed by atoms with Crippen LogP contribution >= 0.6 is 0 Å². The maximum atomic E-state index is 12.9. The number of nitrogens with zero attached hydrogens (tertiary/aromatic N) is 2. The van der Waals surface area contributed by atoms with Crippen molar-refractivity contribution < 1.29 is 28.0 Å². The predicted molar refractivity (Wildman–Crippen MR) is 144 cm³/mol. The molecule has 4 rings (SSSR count). The highest BCUT2D eigenvalue weighted by Crippen LogP contribution is 2.29. The Labute approximate surface area is 217 Å². The molecule has 0 aliphatic heterocycles. The molecule has 12 heteroatoms. The Bertz CT molecular complexity index is 1700. The van der Waals surface area contributed by atoms with E-state index in [0.717, 1.165) is 34.2 Å². The van der Waals surface area contributed by atoms with Crippen LogP contribution in [0.4, 0.5) is 17.1 Å². The molecule has 3 N–H and O–H groups in total. The Morgan fingerprint density at radius 3 is 2.39 bits per heavy atom. The van der Waals surface area contributed by atoms with Crippen LogP contribution in [0.5, 0.6) is 5.75 Å². The third-order valence-electron chi connectivity index (χ3n) is 5.69. The summed E-state index contributed by atoms with van der Waals surface area (Å²) >= 11 is 0. The molecule has 0 radical (unpaired) electrons. The lowest BCUT2D eigenvalue weighted by molar-refractivity contribution is -0.384. The Morgan fingerprint density at radius 1 is 0.974 bits per heavy atom. The molecule has 0 amide bonds. The van der Waals surface area contributed by atoms with E-state index in [4.69, 9.17) is 4.74 Å². The van der Waals surface area contributed by atoms with E-state index in [1.54, 1.807) is 14.0 Å². The van der Waals surface area contributed by atoms with Gasteiger partial charge in [0.15, 0.2) is 0 Å². The molecule has 0 saturated heterocycles. The number of nitro groups is 1. The van der Waals surface area contributed by atoms with E-state index in [0.29, 0.717) is 5.71 Å². The van der Waals surface area contributed by atoms with Crippen molar-refractivity contribution in [1.82, 2.24) is 0 Å². The average Bonchev–Trinajstić information content (AvgIpc) is 2.90. The number of hydrazone groups is 1. The molecule has 0 atom stereocenters. The van der Waals surface area contributed by atoms with Gasteiger partial charge in [0.1, 0.15) is 11.4 Å². The fraction of sp³-hybridized carbons (Fsp3) is 0.0769. The lowest BCUT2D eigenvalue weighted by Crippen LogP contribution is -2.16. The van der Waals surface area contributed by atoms with Crippen molar-refractivity contribution in [2.45, 2.75) is 11.8 Å². The number of carbonyl (C=O) groups is 1. The molecule has 0 aromatic heterocycles. The summed E-state index contributed by atoms with van der Waals surface area (Å²) in [5.41, 5.74) is 2.98. The number of aromatic carboxylic acids is 1. The largest absolute Gasteiger partial charge is 0.497 e. The number of nitro benzene ring substituents is 1. The van der Waals surface area contributed by atoms with Gasteiger partial charge in [-0.15, -0.1) is 0 Å². The van der Waals surface area contributed by atoms with Gasteiger partial charge in [-0.3, -0.25) is 20.3 Å². The maximum absolute atomic E-state index is 12.9. The molecule has 0 unspecified atom stereocenters. The maximum Gasteiger partial charge on any atom is 0.337 e. The molecule has 4 aromatic rings. The first-order valence-corrected chi connectivity index (χ1v) is 12.6. The zero-order valence-corrected chi connectivity index (χ0v) is 21.0. The second-order valence-electron chi connectivity index (χ2n) is 8.13. The van der Waals surface area contributed by atoms with E-state index >= 15 is 0 Å². The number of hydrogen-bond donors (Lipinski definition) is 3. The number of rotatable bonds is 9. The molecule has 11 nitrogen and oxygen atoms in total. The van der Waals surface area contributed by atoms with Crippen molar-refractivity contribution in [2.24, 2.45) is 5.10 Å². The number of nitrogens with one attached hydrogen (secondary N) is 2. The lowest BCUT2D eigenvalue weighted by atomic mass is 10.0. The third kappa shape index (κ3) is 5.55. The van der Waals surface area contributed by atoms with Crippen LogP contribution in [0.15, 0.2) is 88.9 Å². The van der Waals surface area contributed by atoms with Crippen molar-refractivity contribution in [3.8, 4) is 5.75 Å². The topological polar surface area (TPSA) is 160 Å². The fourth-order valence-electron chi connectivity index (χ4n) is 3.67. The summed E-state index contributed by atoms with van der Waals surface area (Å²) in [5, 5.41) is 27.2. The first-order valence-electron chi connectivity index (χ1n) is 11.1. The standard InChI is InChI=1S/C26H22N4O7S/c1-16(17-7-8-19-14-20(37-2)10-9-18(19)13-17)27-28-24-12-11-21(15-25(24)30(33)34)38(35,36)29-23-6-4-3-5-22(23)26(31)32/h3-15,28-29H,1-2H3,(H,31,32)/b27-16+. The molecular weight excluding hydrogens is 512 g/mol. The molecule has 0 spiro atoms. The van der Waals surface area contributed by atoms with E-state index in [-0.39, 0.29) is 16.9 Å². The average molecular weight is 535 g/mol. The smallest absolute Gasteiger partial charge is 0.337 e. The van der Waals surface area contributed by atoms with E-state index < -0.39 is 31.5 Å². The minimum atomic E-state index is -4.33. The van der Waals surface area contributed by atoms with E-state index in [1.165, 1.54) is 30.3 Å². The zero-order chi connectivity index (χ0) is 27.4. The Hall–Kier alpha value is -4.97. The van der Waals surface area contributed by atoms with Crippen molar-refractivity contribution >= 4 is 49.5 Å². The molecule has 0 saturated carbocycles. The van der Waals surface area contributed by atoms with Crippen molar-refractivity contribution in [3.63, 3.8) is 0 Å². The second kappa shape index (κ2) is 10.6. The van der Waals surface area contributed by atoms with Crippen molar-refractivity contribution in [1.29, 1.82) is 0 Å². The number of ether oxygens (including phenoxy) is 1. The summed E-state index contributed by atoms with van der Waals surface area (Å²) in [6, 6.07) is 20.0. The third-order valence-corrected chi connectivity index (χ3v) is 7.05. The van der Waals surface area contributed by atoms with Crippen molar-refractivity contribution in [3.05, 3.63) is 100 Å². The molecule has 194 valence electrons. The van der Waals surface area contributed by atoms with Crippen LogP contribution in [0, 0.1) is 10.1 Å². The highest BCUT2D eigenvalue weighted by Gasteiger charge is 2.23. The van der Waals surface area contributed by atoms with Gasteiger partial charge >= 0.3 is 5.97 Å². The number of methoxy groups -OCH3 is 1. The predicted octanol–water partition coefficient (Wildman–Crippen LogP) is 5.09. The van der Waals surface area contributed by atoms with E-state index in [2.05, 4.69) is 15.2 Å². The van der Waals surface area contributed by atoms with Crippen LogP contribution in [-0.4, -0.2) is 37.2 Å². The molecule has 0 bridgehead atoms. The van der Waals surface area contributed by atoms with Gasteiger partial charge in [-0.1, -0.05) is 30.3 Å². The highest BCUT2D eigenvalue weighted by molar-refractivity contribution is 7.92. The van der Waals surface area contributed by atoms with Gasteiger partial charge in [-0.25, -0.2) is 13.2 Å². The monoisotopic (exact) mass is 534 g/mol. The number of fused-ring (bicyclic) bond motifs is 1. The van der Waals surface area contributed by atoms with Gasteiger partial charge in [-0.05, 0) is 65.7 Å². The molecule has 0 aliphatic carbocycles. The van der Waals surface area contributed by atoms with Crippen LogP contribution in [0.3, 0.4) is 0 Å². The number of carboxylic acids is 1. The zero-order valence-electron chi connectivity index (χ0n) is 20.2. The minimum absolute atomic E-state index is 0.0234. The SMILES string of the molecule is COc1ccc2cc(/C(C)=N/Nc3ccc(S(=O)(=O)Nc4ccccc4C(=O)O)cc3[N+](=O)[O-])ccc2c1.